The van der Waals surface area contributed by atoms with E-state index in [4.69, 9.17) is 5.26 Å². The number of anilines is 1. The number of rotatable bonds is 2. The second-order valence-corrected chi connectivity index (χ2v) is 3.86. The summed E-state index contributed by atoms with van der Waals surface area (Å²) in [5.41, 5.74) is 0.915. The first-order chi connectivity index (χ1) is 9.13. The maximum absolute atomic E-state index is 13.4. The molecule has 19 heavy (non-hydrogen) atoms. The van der Waals surface area contributed by atoms with Crippen LogP contribution in [0.25, 0.3) is 0 Å². The van der Waals surface area contributed by atoms with Crippen molar-refractivity contribution < 1.29 is 9.18 Å². The number of nitrogens with zero attached hydrogens (tertiary/aromatic N) is 2. The number of nitriles is 1. The smallest absolute Gasteiger partial charge is 0.257 e. The highest BCUT2D eigenvalue weighted by atomic mass is 19.1. The second-order valence-electron chi connectivity index (χ2n) is 3.86. The predicted octanol–water partition coefficient (Wildman–Crippen LogP) is 2.65. The lowest BCUT2D eigenvalue weighted by Crippen LogP contribution is -2.15. The summed E-state index contributed by atoms with van der Waals surface area (Å²) in [6.45, 7) is 1.70. The standard InChI is InChI=1S/C14H10FN3O/c1-9-10(4-3-7-17-9)14(19)18-13-6-2-5-12(15)11(13)8-16/h2-7H,1H3,(H,18,19). The van der Waals surface area contributed by atoms with Crippen LogP contribution in [0.3, 0.4) is 0 Å². The summed E-state index contributed by atoms with van der Waals surface area (Å²) in [6.07, 6.45) is 1.58. The number of hydrogen-bond donors (Lipinski definition) is 1. The first-order valence-electron chi connectivity index (χ1n) is 5.55. The van der Waals surface area contributed by atoms with Crippen LogP contribution in [0, 0.1) is 24.1 Å². The average molecular weight is 255 g/mol. The number of benzene rings is 1. The van der Waals surface area contributed by atoms with Gasteiger partial charge in [0.15, 0.2) is 0 Å². The number of halogens is 1. The SMILES string of the molecule is Cc1ncccc1C(=O)Nc1cccc(F)c1C#N. The van der Waals surface area contributed by atoms with E-state index >= 15 is 0 Å². The van der Waals surface area contributed by atoms with Crippen LogP contribution in [0.2, 0.25) is 0 Å². The van der Waals surface area contributed by atoms with Gasteiger partial charge in [0.1, 0.15) is 17.4 Å². The molecular weight excluding hydrogens is 245 g/mol. The Morgan fingerprint density at radius 2 is 2.16 bits per heavy atom. The Balaban J connectivity index is 2.33. The molecule has 0 spiro atoms. The highest BCUT2D eigenvalue weighted by Crippen LogP contribution is 2.19. The van der Waals surface area contributed by atoms with E-state index in [-0.39, 0.29) is 11.3 Å². The van der Waals surface area contributed by atoms with E-state index in [9.17, 15) is 9.18 Å². The molecule has 0 aliphatic heterocycles. The van der Waals surface area contributed by atoms with Gasteiger partial charge in [0.2, 0.25) is 0 Å². The van der Waals surface area contributed by atoms with Crippen LogP contribution >= 0.6 is 0 Å². The first-order valence-corrected chi connectivity index (χ1v) is 5.55. The van der Waals surface area contributed by atoms with Crippen LogP contribution in [-0.2, 0) is 0 Å². The molecule has 1 N–H and O–H groups in total. The van der Waals surface area contributed by atoms with E-state index in [1.807, 2.05) is 0 Å². The molecule has 0 saturated heterocycles. The Kier molecular flexibility index (Phi) is 3.53. The van der Waals surface area contributed by atoms with Gasteiger partial charge >= 0.3 is 0 Å². The molecule has 0 aliphatic rings. The number of aromatic nitrogens is 1. The molecule has 0 aliphatic carbocycles. The van der Waals surface area contributed by atoms with Gasteiger partial charge in [-0.15, -0.1) is 0 Å². The third-order valence-corrected chi connectivity index (χ3v) is 2.63. The summed E-state index contributed by atoms with van der Waals surface area (Å²) in [4.78, 5) is 16.0. The van der Waals surface area contributed by atoms with Crippen molar-refractivity contribution in [1.82, 2.24) is 4.98 Å². The predicted molar refractivity (Wildman–Crippen MR) is 68.0 cm³/mol. The fourth-order valence-electron chi connectivity index (χ4n) is 1.66. The molecule has 94 valence electrons. The molecule has 0 fully saturated rings. The van der Waals surface area contributed by atoms with Crippen LogP contribution in [0.4, 0.5) is 10.1 Å². The Labute approximate surface area is 109 Å². The molecule has 2 aromatic rings. The summed E-state index contributed by atoms with van der Waals surface area (Å²) in [7, 11) is 0. The van der Waals surface area contributed by atoms with E-state index in [2.05, 4.69) is 10.3 Å². The molecule has 2 rings (SSSR count). The van der Waals surface area contributed by atoms with Gasteiger partial charge in [-0.2, -0.15) is 5.26 Å². The lowest BCUT2D eigenvalue weighted by atomic mass is 10.1. The monoisotopic (exact) mass is 255 g/mol. The van der Waals surface area contributed by atoms with E-state index in [0.717, 1.165) is 0 Å². The summed E-state index contributed by atoms with van der Waals surface area (Å²) < 4.78 is 13.4. The zero-order chi connectivity index (χ0) is 13.8. The molecule has 0 bridgehead atoms. The first kappa shape index (κ1) is 12.7. The number of carbonyl (C=O) groups is 1. The fraction of sp³-hybridized carbons (Fsp3) is 0.0714. The Morgan fingerprint density at radius 1 is 1.37 bits per heavy atom. The average Bonchev–Trinajstić information content (AvgIpc) is 2.39. The number of amides is 1. The molecule has 0 saturated carbocycles. The van der Waals surface area contributed by atoms with Crippen molar-refractivity contribution in [1.29, 1.82) is 5.26 Å². The third kappa shape index (κ3) is 2.58. The van der Waals surface area contributed by atoms with Gasteiger partial charge in [-0.1, -0.05) is 6.07 Å². The number of carbonyl (C=O) groups excluding carboxylic acids is 1. The molecule has 1 amide bonds. The molecule has 1 aromatic heterocycles. The van der Waals surface area contributed by atoms with Crippen molar-refractivity contribution in [3.63, 3.8) is 0 Å². The maximum Gasteiger partial charge on any atom is 0.257 e. The van der Waals surface area contributed by atoms with Gasteiger partial charge in [0.05, 0.1) is 11.3 Å². The lowest BCUT2D eigenvalue weighted by molar-refractivity contribution is 0.102. The van der Waals surface area contributed by atoms with Crippen LogP contribution in [0.1, 0.15) is 21.6 Å². The van der Waals surface area contributed by atoms with Crippen molar-refractivity contribution in [2.24, 2.45) is 0 Å². The number of nitrogens with one attached hydrogen (secondary N) is 1. The maximum atomic E-state index is 13.4. The second kappa shape index (κ2) is 5.27. The molecule has 1 aromatic carbocycles. The van der Waals surface area contributed by atoms with E-state index < -0.39 is 11.7 Å². The van der Waals surface area contributed by atoms with Crippen molar-refractivity contribution in [3.8, 4) is 6.07 Å². The molecule has 0 radical (unpaired) electrons. The van der Waals surface area contributed by atoms with Crippen LogP contribution < -0.4 is 5.32 Å². The number of aryl methyl sites for hydroxylation is 1. The highest BCUT2D eigenvalue weighted by molar-refractivity contribution is 6.05. The van der Waals surface area contributed by atoms with Crippen LogP contribution in [0.5, 0.6) is 0 Å². The number of hydrogen-bond acceptors (Lipinski definition) is 3. The summed E-state index contributed by atoms with van der Waals surface area (Å²) >= 11 is 0. The van der Waals surface area contributed by atoms with Crippen molar-refractivity contribution >= 4 is 11.6 Å². The minimum absolute atomic E-state index is 0.149. The molecular formula is C14H10FN3O. The Bertz CT molecular complexity index is 677. The van der Waals surface area contributed by atoms with Gasteiger partial charge in [0.25, 0.3) is 5.91 Å². The van der Waals surface area contributed by atoms with Gasteiger partial charge in [-0.25, -0.2) is 4.39 Å². The van der Waals surface area contributed by atoms with Crippen molar-refractivity contribution in [2.75, 3.05) is 5.32 Å². The van der Waals surface area contributed by atoms with Crippen molar-refractivity contribution in [2.45, 2.75) is 6.92 Å². The zero-order valence-electron chi connectivity index (χ0n) is 10.1. The van der Waals surface area contributed by atoms with Crippen LogP contribution in [0.15, 0.2) is 36.5 Å². The zero-order valence-corrected chi connectivity index (χ0v) is 10.1. The minimum atomic E-state index is -0.664. The number of pyridine rings is 1. The van der Waals surface area contributed by atoms with Gasteiger partial charge in [-0.05, 0) is 31.2 Å². The Morgan fingerprint density at radius 3 is 2.84 bits per heavy atom. The highest BCUT2D eigenvalue weighted by Gasteiger charge is 2.13. The normalized spacial score (nSPS) is 9.74. The summed E-state index contributed by atoms with van der Waals surface area (Å²) in [5, 5.41) is 11.4. The summed E-state index contributed by atoms with van der Waals surface area (Å²) in [5.74, 6) is -1.09. The molecule has 4 nitrogen and oxygen atoms in total. The molecule has 5 heteroatoms. The third-order valence-electron chi connectivity index (χ3n) is 2.63. The minimum Gasteiger partial charge on any atom is -0.321 e. The van der Waals surface area contributed by atoms with E-state index in [1.54, 1.807) is 31.3 Å². The summed E-state index contributed by atoms with van der Waals surface area (Å²) in [6, 6.07) is 9.06. The van der Waals surface area contributed by atoms with Gasteiger partial charge < -0.3 is 5.32 Å². The largest absolute Gasteiger partial charge is 0.321 e. The Hall–Kier alpha value is -2.74. The topological polar surface area (TPSA) is 65.8 Å². The molecule has 0 atom stereocenters. The van der Waals surface area contributed by atoms with E-state index in [0.29, 0.717) is 11.3 Å². The van der Waals surface area contributed by atoms with Gasteiger partial charge in [-0.3, -0.25) is 9.78 Å². The molecule has 0 unspecified atom stereocenters. The van der Waals surface area contributed by atoms with Crippen LogP contribution in [-0.4, -0.2) is 10.9 Å². The lowest BCUT2D eigenvalue weighted by Gasteiger charge is -2.08. The molecule has 1 heterocycles. The quantitative estimate of drug-likeness (QED) is 0.897. The van der Waals surface area contributed by atoms with E-state index in [1.165, 1.54) is 18.2 Å². The van der Waals surface area contributed by atoms with Crippen molar-refractivity contribution in [3.05, 3.63) is 59.2 Å². The van der Waals surface area contributed by atoms with Gasteiger partial charge in [0, 0.05) is 11.9 Å². The fourth-order valence-corrected chi connectivity index (χ4v) is 1.66.